The number of carbonyl (C=O) groups is 1. The number of aryl methyl sites for hydroxylation is 2. The van der Waals surface area contributed by atoms with Crippen LogP contribution < -0.4 is 14.2 Å². The van der Waals surface area contributed by atoms with Crippen LogP contribution in [-0.2, 0) is 11.3 Å². The van der Waals surface area contributed by atoms with Crippen molar-refractivity contribution in [3.63, 3.8) is 0 Å². The Balaban J connectivity index is 1.48. The van der Waals surface area contributed by atoms with Crippen molar-refractivity contribution in [1.29, 1.82) is 0 Å². The third kappa shape index (κ3) is 5.97. The number of hydrogen-bond donors (Lipinski definition) is 0. The molecule has 0 spiro atoms. The first kappa shape index (κ1) is 22.1. The predicted molar refractivity (Wildman–Crippen MR) is 110 cm³/mol. The summed E-state index contributed by atoms with van der Waals surface area (Å²) in [5.41, 5.74) is 1.98. The van der Waals surface area contributed by atoms with Crippen LogP contribution in [0.5, 0.6) is 17.2 Å². The highest BCUT2D eigenvalue weighted by Gasteiger charge is 2.15. The van der Waals surface area contributed by atoms with E-state index in [1.807, 2.05) is 13.8 Å². The minimum absolute atomic E-state index is 0.187. The van der Waals surface area contributed by atoms with Gasteiger partial charge in [0.1, 0.15) is 23.9 Å². The molecule has 31 heavy (non-hydrogen) atoms. The molecule has 0 aliphatic heterocycles. The molecule has 0 radical (unpaired) electrons. The molecule has 1 heterocycles. The molecule has 0 aliphatic rings. The van der Waals surface area contributed by atoms with E-state index in [1.165, 1.54) is 19.2 Å². The molecule has 0 bridgehead atoms. The van der Waals surface area contributed by atoms with Crippen LogP contribution >= 0.6 is 0 Å². The second-order valence-electron chi connectivity index (χ2n) is 6.75. The Morgan fingerprint density at radius 1 is 1.03 bits per heavy atom. The van der Waals surface area contributed by atoms with E-state index in [0.29, 0.717) is 41.6 Å². The summed E-state index contributed by atoms with van der Waals surface area (Å²) in [7, 11) is 1.50. The van der Waals surface area contributed by atoms with E-state index in [2.05, 4.69) is 5.16 Å². The fourth-order valence-corrected chi connectivity index (χ4v) is 2.80. The molecule has 1 aromatic heterocycles. The molecular formula is C23H24FNO6. The van der Waals surface area contributed by atoms with Crippen LogP contribution in [0.3, 0.4) is 0 Å². The number of ether oxygens (including phenoxy) is 4. The number of aromatic nitrogens is 1. The molecule has 0 saturated heterocycles. The molecule has 0 fully saturated rings. The average Bonchev–Trinajstić information content (AvgIpc) is 3.10. The molecule has 0 amide bonds. The second kappa shape index (κ2) is 10.5. The van der Waals surface area contributed by atoms with E-state index in [4.69, 9.17) is 23.5 Å². The van der Waals surface area contributed by atoms with Crippen molar-refractivity contribution in [2.24, 2.45) is 0 Å². The number of esters is 1. The van der Waals surface area contributed by atoms with Crippen molar-refractivity contribution in [2.45, 2.75) is 26.9 Å². The molecule has 8 heteroatoms. The predicted octanol–water partition coefficient (Wildman–Crippen LogP) is 4.64. The summed E-state index contributed by atoms with van der Waals surface area (Å²) in [5, 5.41) is 3.90. The van der Waals surface area contributed by atoms with Crippen molar-refractivity contribution in [1.82, 2.24) is 5.16 Å². The Hall–Kier alpha value is -3.55. The number of nitrogens with zero attached hydrogens (tertiary/aromatic N) is 1. The Morgan fingerprint density at radius 2 is 1.81 bits per heavy atom. The summed E-state index contributed by atoms with van der Waals surface area (Å²) in [6.45, 7) is 4.47. The quantitative estimate of drug-likeness (QED) is 0.343. The van der Waals surface area contributed by atoms with Crippen LogP contribution in [0.4, 0.5) is 4.39 Å². The molecule has 0 saturated carbocycles. The maximum absolute atomic E-state index is 12.9. The first-order chi connectivity index (χ1) is 15.0. The average molecular weight is 429 g/mol. The minimum atomic E-state index is -0.475. The van der Waals surface area contributed by atoms with Gasteiger partial charge in [-0.2, -0.15) is 0 Å². The molecule has 3 aromatic rings. The van der Waals surface area contributed by atoms with Gasteiger partial charge in [-0.25, -0.2) is 9.18 Å². The van der Waals surface area contributed by atoms with Gasteiger partial charge < -0.3 is 23.5 Å². The van der Waals surface area contributed by atoms with Gasteiger partial charge in [0.25, 0.3) is 0 Å². The first-order valence-electron chi connectivity index (χ1n) is 9.76. The fraction of sp³-hybridized carbons (Fsp3) is 0.304. The molecule has 0 unspecified atom stereocenters. The highest BCUT2D eigenvalue weighted by molar-refractivity contribution is 5.90. The number of carbonyl (C=O) groups excluding carboxylic acids is 1. The monoisotopic (exact) mass is 429 g/mol. The maximum atomic E-state index is 12.9. The van der Waals surface area contributed by atoms with Gasteiger partial charge in [0, 0.05) is 6.42 Å². The van der Waals surface area contributed by atoms with Crippen LogP contribution in [0.15, 0.2) is 47.0 Å². The van der Waals surface area contributed by atoms with E-state index in [-0.39, 0.29) is 19.0 Å². The van der Waals surface area contributed by atoms with Crippen LogP contribution in [-0.4, -0.2) is 31.4 Å². The lowest BCUT2D eigenvalue weighted by atomic mass is 10.2. The zero-order valence-corrected chi connectivity index (χ0v) is 17.6. The van der Waals surface area contributed by atoms with Crippen molar-refractivity contribution in [3.8, 4) is 17.2 Å². The standard InChI is InChI=1S/C23H24FNO6/c1-15-20(16(2)31-25-15)14-30-21-10-5-17(13-22(21)27-3)23(26)29-12-4-11-28-19-8-6-18(24)7-9-19/h5-10,13H,4,11-12,14H2,1-3H3. The number of methoxy groups -OCH3 is 1. The lowest BCUT2D eigenvalue weighted by molar-refractivity contribution is 0.0485. The van der Waals surface area contributed by atoms with Crippen molar-refractivity contribution < 1.29 is 32.7 Å². The summed E-state index contributed by atoms with van der Waals surface area (Å²) in [4.78, 5) is 12.3. The van der Waals surface area contributed by atoms with E-state index < -0.39 is 5.97 Å². The van der Waals surface area contributed by atoms with Crippen LogP contribution in [0.1, 0.15) is 33.8 Å². The topological polar surface area (TPSA) is 80.0 Å². The smallest absolute Gasteiger partial charge is 0.338 e. The van der Waals surface area contributed by atoms with Crippen LogP contribution in [0.25, 0.3) is 0 Å². The Bertz CT molecular complexity index is 996. The van der Waals surface area contributed by atoms with Gasteiger partial charge in [0.05, 0.1) is 37.1 Å². The van der Waals surface area contributed by atoms with Gasteiger partial charge in [-0.1, -0.05) is 5.16 Å². The Labute approximate surface area is 179 Å². The maximum Gasteiger partial charge on any atom is 0.338 e. The Kier molecular flexibility index (Phi) is 7.48. The summed E-state index contributed by atoms with van der Waals surface area (Å²) in [6.07, 6.45) is 0.499. The fourth-order valence-electron chi connectivity index (χ4n) is 2.80. The van der Waals surface area contributed by atoms with Gasteiger partial charge in [0.2, 0.25) is 0 Å². The molecule has 164 valence electrons. The zero-order valence-electron chi connectivity index (χ0n) is 17.6. The number of benzene rings is 2. The van der Waals surface area contributed by atoms with E-state index in [9.17, 15) is 9.18 Å². The van der Waals surface area contributed by atoms with E-state index >= 15 is 0 Å². The number of halogens is 1. The Morgan fingerprint density at radius 3 is 2.48 bits per heavy atom. The lowest BCUT2D eigenvalue weighted by Gasteiger charge is -2.12. The summed E-state index contributed by atoms with van der Waals surface area (Å²) < 4.78 is 39.9. The minimum Gasteiger partial charge on any atom is -0.493 e. The third-order valence-corrected chi connectivity index (χ3v) is 4.56. The second-order valence-corrected chi connectivity index (χ2v) is 6.75. The third-order valence-electron chi connectivity index (χ3n) is 4.56. The lowest BCUT2D eigenvalue weighted by Crippen LogP contribution is -2.10. The molecule has 3 rings (SSSR count). The van der Waals surface area contributed by atoms with Crippen molar-refractivity contribution in [2.75, 3.05) is 20.3 Å². The molecule has 7 nitrogen and oxygen atoms in total. The summed E-state index contributed by atoms with van der Waals surface area (Å²) in [6, 6.07) is 10.6. The molecule has 0 N–H and O–H groups in total. The highest BCUT2D eigenvalue weighted by atomic mass is 19.1. The van der Waals surface area contributed by atoms with Gasteiger partial charge in [0.15, 0.2) is 11.5 Å². The van der Waals surface area contributed by atoms with E-state index in [1.54, 1.807) is 30.3 Å². The van der Waals surface area contributed by atoms with Gasteiger partial charge in [-0.15, -0.1) is 0 Å². The highest BCUT2D eigenvalue weighted by Crippen LogP contribution is 2.29. The largest absolute Gasteiger partial charge is 0.493 e. The SMILES string of the molecule is COc1cc(C(=O)OCCCOc2ccc(F)cc2)ccc1OCc1c(C)noc1C. The van der Waals surface area contributed by atoms with E-state index in [0.717, 1.165) is 11.3 Å². The van der Waals surface area contributed by atoms with Crippen LogP contribution in [0.2, 0.25) is 0 Å². The molecule has 0 atom stereocenters. The van der Waals surface area contributed by atoms with Gasteiger partial charge in [-0.3, -0.25) is 0 Å². The molecule has 2 aromatic carbocycles. The van der Waals surface area contributed by atoms with Gasteiger partial charge in [-0.05, 0) is 56.3 Å². The normalized spacial score (nSPS) is 10.6. The number of rotatable bonds is 10. The van der Waals surface area contributed by atoms with Crippen molar-refractivity contribution in [3.05, 3.63) is 70.9 Å². The van der Waals surface area contributed by atoms with Gasteiger partial charge >= 0.3 is 5.97 Å². The molecule has 0 aliphatic carbocycles. The summed E-state index contributed by atoms with van der Waals surface area (Å²) >= 11 is 0. The number of hydrogen-bond acceptors (Lipinski definition) is 7. The zero-order chi connectivity index (χ0) is 22.2. The van der Waals surface area contributed by atoms with Crippen LogP contribution in [0, 0.1) is 19.7 Å². The molecular weight excluding hydrogens is 405 g/mol. The summed E-state index contributed by atoms with van der Waals surface area (Å²) in [5.74, 6) is 1.37. The first-order valence-corrected chi connectivity index (χ1v) is 9.76. The van der Waals surface area contributed by atoms with Crippen molar-refractivity contribution >= 4 is 5.97 Å².